The number of nitrogens with two attached hydrogens (primary N) is 1. The Morgan fingerprint density at radius 3 is 2.30 bits per heavy atom. The first-order valence-corrected chi connectivity index (χ1v) is 7.82. The molecule has 4 heteroatoms. The number of benzene rings is 2. The molecule has 0 atom stereocenters. The van der Waals surface area contributed by atoms with Crippen molar-refractivity contribution in [3.8, 4) is 0 Å². The lowest BCUT2D eigenvalue weighted by Gasteiger charge is -2.19. The fourth-order valence-corrected chi connectivity index (χ4v) is 2.28. The Hall–Kier alpha value is -2.33. The van der Waals surface area contributed by atoms with E-state index in [0.717, 1.165) is 16.8 Å². The van der Waals surface area contributed by atoms with Crippen molar-refractivity contribution >= 4 is 11.7 Å². The highest BCUT2D eigenvalue weighted by Crippen LogP contribution is 2.23. The van der Waals surface area contributed by atoms with Gasteiger partial charge in [0.2, 0.25) is 0 Å². The van der Waals surface area contributed by atoms with Gasteiger partial charge in [0.25, 0.3) is 0 Å². The van der Waals surface area contributed by atoms with Crippen LogP contribution in [0.5, 0.6) is 0 Å². The molecule has 0 heterocycles. The highest BCUT2D eigenvalue weighted by Gasteiger charge is 2.13. The van der Waals surface area contributed by atoms with Crippen LogP contribution in [0.15, 0.2) is 48.5 Å². The molecule has 122 valence electrons. The first-order valence-electron chi connectivity index (χ1n) is 7.82. The lowest BCUT2D eigenvalue weighted by Crippen LogP contribution is -2.28. The van der Waals surface area contributed by atoms with Gasteiger partial charge < -0.3 is 16.4 Å². The Bertz CT molecular complexity index is 657. The quantitative estimate of drug-likeness (QED) is 0.804. The lowest BCUT2D eigenvalue weighted by atomic mass is 9.87. The van der Waals surface area contributed by atoms with Gasteiger partial charge in [-0.1, -0.05) is 57.2 Å². The van der Waals surface area contributed by atoms with Gasteiger partial charge in [-0.15, -0.1) is 0 Å². The number of rotatable bonds is 4. The summed E-state index contributed by atoms with van der Waals surface area (Å²) in [5.74, 6) is 0. The summed E-state index contributed by atoms with van der Waals surface area (Å²) in [4.78, 5) is 12.0. The van der Waals surface area contributed by atoms with Crippen LogP contribution in [0.25, 0.3) is 0 Å². The molecule has 0 saturated heterocycles. The van der Waals surface area contributed by atoms with E-state index in [1.165, 1.54) is 5.56 Å². The van der Waals surface area contributed by atoms with Crippen molar-refractivity contribution in [1.82, 2.24) is 5.32 Å². The van der Waals surface area contributed by atoms with Crippen molar-refractivity contribution in [3.05, 3.63) is 65.2 Å². The second kappa shape index (κ2) is 7.29. The third-order valence-corrected chi connectivity index (χ3v) is 3.69. The molecule has 0 saturated carbocycles. The standard InChI is InChI=1S/C19H25N3O/c1-19(2,3)16-7-9-17(10-8-16)22-18(23)21-13-15-6-4-5-14(11-15)12-20/h4-11H,12-13,20H2,1-3H3,(H2,21,22,23). The van der Waals surface area contributed by atoms with Crippen molar-refractivity contribution in [2.75, 3.05) is 5.32 Å². The SMILES string of the molecule is CC(C)(C)c1ccc(NC(=O)NCc2cccc(CN)c2)cc1. The Balaban J connectivity index is 1.89. The largest absolute Gasteiger partial charge is 0.334 e. The van der Waals surface area contributed by atoms with Crippen LogP contribution >= 0.6 is 0 Å². The van der Waals surface area contributed by atoms with Gasteiger partial charge in [0.15, 0.2) is 0 Å². The molecule has 0 aromatic heterocycles. The molecule has 0 aliphatic rings. The second-order valence-corrected chi connectivity index (χ2v) is 6.66. The minimum Gasteiger partial charge on any atom is -0.334 e. The van der Waals surface area contributed by atoms with Gasteiger partial charge in [-0.3, -0.25) is 0 Å². The van der Waals surface area contributed by atoms with E-state index in [0.29, 0.717) is 13.1 Å². The van der Waals surface area contributed by atoms with E-state index in [4.69, 9.17) is 5.73 Å². The number of carbonyl (C=O) groups excluding carboxylic acids is 1. The summed E-state index contributed by atoms with van der Waals surface area (Å²) in [6, 6.07) is 15.6. The smallest absolute Gasteiger partial charge is 0.319 e. The molecule has 0 aliphatic heterocycles. The molecule has 0 radical (unpaired) electrons. The van der Waals surface area contributed by atoms with Gasteiger partial charge in [0.1, 0.15) is 0 Å². The Kier molecular flexibility index (Phi) is 5.40. The van der Waals surface area contributed by atoms with Crippen molar-refractivity contribution in [2.24, 2.45) is 5.73 Å². The maximum atomic E-state index is 12.0. The van der Waals surface area contributed by atoms with Gasteiger partial charge in [0.05, 0.1) is 0 Å². The molecule has 0 bridgehead atoms. The topological polar surface area (TPSA) is 67.2 Å². The summed E-state index contributed by atoms with van der Waals surface area (Å²) in [6.45, 7) is 7.46. The van der Waals surface area contributed by atoms with Crippen molar-refractivity contribution < 1.29 is 4.79 Å². The van der Waals surface area contributed by atoms with Gasteiger partial charge >= 0.3 is 6.03 Å². The monoisotopic (exact) mass is 311 g/mol. The normalized spacial score (nSPS) is 11.1. The maximum Gasteiger partial charge on any atom is 0.319 e. The average Bonchev–Trinajstić information content (AvgIpc) is 2.53. The molecule has 0 aliphatic carbocycles. The van der Waals surface area contributed by atoms with Crippen LogP contribution in [0.3, 0.4) is 0 Å². The summed E-state index contributed by atoms with van der Waals surface area (Å²) in [7, 11) is 0. The summed E-state index contributed by atoms with van der Waals surface area (Å²) in [5.41, 5.74) is 9.84. The molecular weight excluding hydrogens is 286 g/mol. The van der Waals surface area contributed by atoms with Crippen molar-refractivity contribution in [3.63, 3.8) is 0 Å². The molecule has 0 unspecified atom stereocenters. The van der Waals surface area contributed by atoms with Gasteiger partial charge in [-0.05, 0) is 34.2 Å². The molecule has 0 spiro atoms. The Morgan fingerprint density at radius 2 is 1.70 bits per heavy atom. The number of hydrogen-bond acceptors (Lipinski definition) is 2. The third kappa shape index (κ3) is 5.11. The van der Waals surface area contributed by atoms with Crippen molar-refractivity contribution in [1.29, 1.82) is 0 Å². The van der Waals surface area contributed by atoms with E-state index in [9.17, 15) is 4.79 Å². The molecule has 2 rings (SSSR count). The number of nitrogens with one attached hydrogen (secondary N) is 2. The minimum atomic E-state index is -0.216. The zero-order valence-corrected chi connectivity index (χ0v) is 14.0. The van der Waals surface area contributed by atoms with E-state index < -0.39 is 0 Å². The highest BCUT2D eigenvalue weighted by atomic mass is 16.2. The number of amides is 2. The van der Waals surface area contributed by atoms with Gasteiger partial charge in [-0.2, -0.15) is 0 Å². The number of urea groups is 1. The van der Waals surface area contributed by atoms with Crippen LogP contribution in [0.4, 0.5) is 10.5 Å². The van der Waals surface area contributed by atoms with Gasteiger partial charge in [0, 0.05) is 18.8 Å². The number of anilines is 1. The maximum absolute atomic E-state index is 12.0. The fraction of sp³-hybridized carbons (Fsp3) is 0.316. The second-order valence-electron chi connectivity index (χ2n) is 6.66. The van der Waals surface area contributed by atoms with Gasteiger partial charge in [-0.25, -0.2) is 4.79 Å². The molecule has 0 fully saturated rings. The van der Waals surface area contributed by atoms with E-state index >= 15 is 0 Å². The lowest BCUT2D eigenvalue weighted by molar-refractivity contribution is 0.251. The van der Waals surface area contributed by atoms with E-state index in [1.54, 1.807) is 0 Å². The minimum absolute atomic E-state index is 0.106. The van der Waals surface area contributed by atoms with E-state index in [-0.39, 0.29) is 11.4 Å². The van der Waals surface area contributed by atoms with Crippen LogP contribution in [-0.4, -0.2) is 6.03 Å². The predicted molar refractivity (Wildman–Crippen MR) is 95.3 cm³/mol. The molecule has 4 nitrogen and oxygen atoms in total. The fourth-order valence-electron chi connectivity index (χ4n) is 2.28. The number of hydrogen-bond donors (Lipinski definition) is 3. The van der Waals surface area contributed by atoms with Crippen LogP contribution in [0.1, 0.15) is 37.5 Å². The Labute approximate surface area is 138 Å². The molecular formula is C19H25N3O. The van der Waals surface area contributed by atoms with E-state index in [1.807, 2.05) is 48.5 Å². The zero-order chi connectivity index (χ0) is 16.9. The third-order valence-electron chi connectivity index (χ3n) is 3.69. The zero-order valence-electron chi connectivity index (χ0n) is 14.0. The van der Waals surface area contributed by atoms with Crippen LogP contribution in [0.2, 0.25) is 0 Å². The predicted octanol–water partition coefficient (Wildman–Crippen LogP) is 3.76. The summed E-state index contributed by atoms with van der Waals surface area (Å²) >= 11 is 0. The summed E-state index contributed by atoms with van der Waals surface area (Å²) in [5, 5.41) is 5.70. The average molecular weight is 311 g/mol. The van der Waals surface area contributed by atoms with Crippen LogP contribution in [-0.2, 0) is 18.5 Å². The number of carbonyl (C=O) groups is 1. The molecule has 2 amide bonds. The summed E-state index contributed by atoms with van der Waals surface area (Å²) < 4.78 is 0. The first-order chi connectivity index (χ1) is 10.9. The molecule has 2 aromatic rings. The Morgan fingerprint density at radius 1 is 1.04 bits per heavy atom. The summed E-state index contributed by atoms with van der Waals surface area (Å²) in [6.07, 6.45) is 0. The molecule has 2 aromatic carbocycles. The first kappa shape index (κ1) is 17.0. The highest BCUT2D eigenvalue weighted by molar-refractivity contribution is 5.89. The van der Waals surface area contributed by atoms with Crippen LogP contribution < -0.4 is 16.4 Å². The molecule has 4 N–H and O–H groups in total. The van der Waals surface area contributed by atoms with E-state index in [2.05, 4.69) is 31.4 Å². The van der Waals surface area contributed by atoms with Crippen molar-refractivity contribution in [2.45, 2.75) is 39.3 Å². The van der Waals surface area contributed by atoms with Crippen LogP contribution in [0, 0.1) is 0 Å². The molecule has 23 heavy (non-hydrogen) atoms.